The summed E-state index contributed by atoms with van der Waals surface area (Å²) in [4.78, 5) is 35.0. The second-order valence-corrected chi connectivity index (χ2v) is 9.43. The molecule has 2 aliphatic rings. The van der Waals surface area contributed by atoms with Gasteiger partial charge in [-0.2, -0.15) is 5.10 Å². The van der Waals surface area contributed by atoms with E-state index in [0.717, 1.165) is 41.9 Å². The summed E-state index contributed by atoms with van der Waals surface area (Å²) in [6.07, 6.45) is 7.43. The quantitative estimate of drug-likeness (QED) is 0.531. The molecule has 35 heavy (non-hydrogen) atoms. The van der Waals surface area contributed by atoms with E-state index in [-0.39, 0.29) is 23.6 Å². The third-order valence-electron chi connectivity index (χ3n) is 6.03. The summed E-state index contributed by atoms with van der Waals surface area (Å²) in [7, 11) is 0. The van der Waals surface area contributed by atoms with Gasteiger partial charge in [-0.1, -0.05) is 0 Å². The van der Waals surface area contributed by atoms with Crippen LogP contribution in [0.1, 0.15) is 58.4 Å². The molecule has 0 spiro atoms. The molecule has 5 heterocycles. The second-order valence-electron chi connectivity index (χ2n) is 8.57. The molecule has 3 aromatic heterocycles. The highest BCUT2D eigenvalue weighted by atomic mass is 32.1. The largest absolute Gasteiger partial charge is 0.381 e. The van der Waals surface area contributed by atoms with Crippen molar-refractivity contribution in [2.75, 3.05) is 38.3 Å². The Balaban J connectivity index is 1.43. The summed E-state index contributed by atoms with van der Waals surface area (Å²) >= 11 is 1.40. The number of pyridine rings is 1. The van der Waals surface area contributed by atoms with Crippen LogP contribution in [-0.4, -0.2) is 64.5 Å². The number of anilines is 1. The van der Waals surface area contributed by atoms with Crippen molar-refractivity contribution < 1.29 is 19.1 Å². The Labute approximate surface area is 207 Å². The number of ether oxygens (including phenoxy) is 2. The number of hydrogen-bond acceptors (Lipinski definition) is 8. The van der Waals surface area contributed by atoms with Crippen LogP contribution in [0, 0.1) is 0 Å². The predicted octanol–water partition coefficient (Wildman–Crippen LogP) is 3.09. The SMILES string of the molecule is O=C1Nc2cn(C3CCOCC3)nc2C(=O)NCCCOCCCc2cc(ccn2)-c2nc1cs2. The van der Waals surface area contributed by atoms with E-state index in [1.54, 1.807) is 22.5 Å². The zero-order valence-corrected chi connectivity index (χ0v) is 20.2. The van der Waals surface area contributed by atoms with Crippen LogP contribution < -0.4 is 10.6 Å². The molecule has 2 amide bonds. The molecule has 184 valence electrons. The number of nitrogens with zero attached hydrogens (tertiary/aromatic N) is 4. The third kappa shape index (κ3) is 5.75. The average Bonchev–Trinajstić information content (AvgIpc) is 3.54. The van der Waals surface area contributed by atoms with Crippen molar-refractivity contribution in [3.63, 3.8) is 0 Å². The maximum atomic E-state index is 13.1. The van der Waals surface area contributed by atoms with Crippen LogP contribution in [0.5, 0.6) is 0 Å². The summed E-state index contributed by atoms with van der Waals surface area (Å²) in [6, 6.07) is 4.02. The van der Waals surface area contributed by atoms with Gasteiger partial charge < -0.3 is 20.1 Å². The number of amides is 2. The van der Waals surface area contributed by atoms with Crippen LogP contribution in [0.4, 0.5) is 5.69 Å². The van der Waals surface area contributed by atoms with Gasteiger partial charge in [0.05, 0.1) is 11.7 Å². The van der Waals surface area contributed by atoms with Gasteiger partial charge in [0, 0.05) is 62.0 Å². The molecular weight excluding hydrogens is 468 g/mol. The lowest BCUT2D eigenvalue weighted by atomic mass is 10.1. The van der Waals surface area contributed by atoms with Crippen molar-refractivity contribution in [3.05, 3.63) is 47.0 Å². The topological polar surface area (TPSA) is 120 Å². The standard InChI is InChI=1S/C24H28N6O4S/c31-22-20-15-35-24(28-20)16-4-8-25-17(13-16)3-1-9-33-10-2-7-26-23(32)21-19(27-22)14-30(29-21)18-5-11-34-12-6-18/h4,8,13-15,18H,1-3,5-7,9-12H2,(H,26,32)(H,27,31). The Morgan fingerprint density at radius 1 is 1.06 bits per heavy atom. The molecule has 0 unspecified atom stereocenters. The maximum Gasteiger partial charge on any atom is 0.275 e. The number of aryl methyl sites for hydroxylation is 1. The van der Waals surface area contributed by atoms with Gasteiger partial charge in [-0.15, -0.1) is 11.3 Å². The van der Waals surface area contributed by atoms with Gasteiger partial charge in [0.15, 0.2) is 5.69 Å². The number of nitrogens with one attached hydrogen (secondary N) is 2. The minimum absolute atomic E-state index is 0.117. The van der Waals surface area contributed by atoms with E-state index in [0.29, 0.717) is 50.8 Å². The van der Waals surface area contributed by atoms with Crippen molar-refractivity contribution in [2.24, 2.45) is 0 Å². The van der Waals surface area contributed by atoms with E-state index < -0.39 is 0 Å². The van der Waals surface area contributed by atoms with Gasteiger partial charge in [0.2, 0.25) is 0 Å². The molecule has 0 saturated carbocycles. The van der Waals surface area contributed by atoms with Crippen LogP contribution in [0.3, 0.4) is 0 Å². The fourth-order valence-corrected chi connectivity index (χ4v) is 4.95. The normalized spacial score (nSPS) is 18.5. The van der Waals surface area contributed by atoms with Crippen molar-refractivity contribution in [1.29, 1.82) is 0 Å². The average molecular weight is 497 g/mol. The lowest BCUT2D eigenvalue weighted by Gasteiger charge is -2.22. The smallest absolute Gasteiger partial charge is 0.275 e. The Kier molecular flexibility index (Phi) is 7.45. The first-order valence-corrected chi connectivity index (χ1v) is 12.8. The number of aromatic nitrogens is 4. The van der Waals surface area contributed by atoms with E-state index >= 15 is 0 Å². The van der Waals surface area contributed by atoms with Gasteiger partial charge in [0.25, 0.3) is 11.8 Å². The van der Waals surface area contributed by atoms with Gasteiger partial charge in [-0.25, -0.2) is 4.98 Å². The van der Waals surface area contributed by atoms with E-state index in [1.165, 1.54) is 11.3 Å². The number of hydrogen-bond donors (Lipinski definition) is 2. The molecule has 10 nitrogen and oxygen atoms in total. The van der Waals surface area contributed by atoms with Crippen LogP contribution in [0.2, 0.25) is 0 Å². The van der Waals surface area contributed by atoms with Crippen LogP contribution in [0.25, 0.3) is 10.6 Å². The Morgan fingerprint density at radius 3 is 2.77 bits per heavy atom. The summed E-state index contributed by atoms with van der Waals surface area (Å²) in [5.41, 5.74) is 2.74. The Bertz CT molecular complexity index is 1190. The molecule has 0 aromatic carbocycles. The lowest BCUT2D eigenvalue weighted by molar-refractivity contribution is 0.0660. The molecule has 4 bridgehead atoms. The minimum atomic E-state index is -0.381. The highest BCUT2D eigenvalue weighted by Crippen LogP contribution is 2.27. The maximum absolute atomic E-state index is 13.1. The first kappa shape index (κ1) is 23.6. The van der Waals surface area contributed by atoms with Crippen molar-refractivity contribution in [3.8, 4) is 10.6 Å². The molecule has 1 fully saturated rings. The van der Waals surface area contributed by atoms with E-state index in [4.69, 9.17) is 9.47 Å². The van der Waals surface area contributed by atoms with Gasteiger partial charge in [-0.05, 0) is 44.2 Å². The number of rotatable bonds is 1. The minimum Gasteiger partial charge on any atom is -0.381 e. The zero-order chi connectivity index (χ0) is 24.0. The summed E-state index contributed by atoms with van der Waals surface area (Å²) in [6.45, 7) is 2.92. The summed E-state index contributed by atoms with van der Waals surface area (Å²) < 4.78 is 12.9. The summed E-state index contributed by atoms with van der Waals surface area (Å²) in [5.74, 6) is -0.709. The first-order valence-electron chi connectivity index (χ1n) is 11.9. The Morgan fingerprint density at radius 2 is 1.89 bits per heavy atom. The molecule has 5 rings (SSSR count). The zero-order valence-electron chi connectivity index (χ0n) is 19.4. The van der Waals surface area contributed by atoms with Crippen molar-refractivity contribution >= 4 is 28.8 Å². The first-order chi connectivity index (χ1) is 17.2. The highest BCUT2D eigenvalue weighted by molar-refractivity contribution is 7.13. The fraction of sp³-hybridized carbons (Fsp3) is 0.458. The number of carbonyl (C=O) groups is 2. The van der Waals surface area contributed by atoms with Gasteiger partial charge in [0.1, 0.15) is 10.7 Å². The molecule has 0 atom stereocenters. The Hall–Kier alpha value is -3.15. The molecule has 2 aliphatic heterocycles. The lowest BCUT2D eigenvalue weighted by Crippen LogP contribution is -2.27. The van der Waals surface area contributed by atoms with Gasteiger partial charge in [-0.3, -0.25) is 19.3 Å². The van der Waals surface area contributed by atoms with E-state index in [2.05, 4.69) is 25.7 Å². The molecule has 3 aromatic rings. The number of fused-ring (bicyclic) bond motifs is 6. The van der Waals surface area contributed by atoms with E-state index in [1.807, 2.05) is 12.1 Å². The van der Waals surface area contributed by atoms with Crippen LogP contribution >= 0.6 is 11.3 Å². The predicted molar refractivity (Wildman–Crippen MR) is 131 cm³/mol. The van der Waals surface area contributed by atoms with Crippen LogP contribution in [0.15, 0.2) is 29.9 Å². The fourth-order valence-electron chi connectivity index (χ4n) is 4.15. The molecule has 0 radical (unpaired) electrons. The number of carbonyl (C=O) groups excluding carboxylic acids is 2. The van der Waals surface area contributed by atoms with E-state index in [9.17, 15) is 9.59 Å². The van der Waals surface area contributed by atoms with Gasteiger partial charge >= 0.3 is 0 Å². The molecular formula is C24H28N6O4S. The van der Waals surface area contributed by atoms with Crippen molar-refractivity contribution in [1.82, 2.24) is 25.1 Å². The highest BCUT2D eigenvalue weighted by Gasteiger charge is 2.24. The molecule has 0 aliphatic carbocycles. The summed E-state index contributed by atoms with van der Waals surface area (Å²) in [5, 5.41) is 12.8. The molecule has 11 heteroatoms. The molecule has 1 saturated heterocycles. The number of thiazole rings is 1. The monoisotopic (exact) mass is 496 g/mol. The van der Waals surface area contributed by atoms with Crippen molar-refractivity contribution in [2.45, 2.75) is 38.1 Å². The second kappa shape index (κ2) is 11.1. The van der Waals surface area contributed by atoms with Crippen LogP contribution in [-0.2, 0) is 15.9 Å². The third-order valence-corrected chi connectivity index (χ3v) is 6.92. The molecule has 2 N–H and O–H groups in total.